The quantitative estimate of drug-likeness (QED) is 0.151. The van der Waals surface area contributed by atoms with Gasteiger partial charge in [0.25, 0.3) is 0 Å². The highest BCUT2D eigenvalue weighted by Crippen LogP contribution is 2.42. The zero-order valence-corrected chi connectivity index (χ0v) is 34.1. The standard InChI is InChI=1S/C59H37N3O/c1-3-12-38(13-4-1)40-22-28-44(29-23-40)52-37-53(62-59(61-52)46-32-26-41(27-33-46)39-14-5-2-6-15-39)45-30-24-42(25-31-45)47-17-11-18-48(36-47)57-56-50-20-9-10-21-54(50)63-58(56)55-49-19-8-7-16-43(49)34-35-51(55)60-57/h1-37H. The number of fused-ring (bicyclic) bond motifs is 7. The van der Waals surface area contributed by atoms with E-state index < -0.39 is 0 Å². The summed E-state index contributed by atoms with van der Waals surface area (Å²) in [5.41, 5.74) is 16.2. The highest BCUT2D eigenvalue weighted by atomic mass is 16.3. The minimum absolute atomic E-state index is 0.681. The molecular formula is C59H37N3O. The number of aromatic nitrogens is 3. The van der Waals surface area contributed by atoms with E-state index in [0.29, 0.717) is 5.82 Å². The number of furan rings is 1. The van der Waals surface area contributed by atoms with Crippen LogP contribution in [0.25, 0.3) is 122 Å². The van der Waals surface area contributed by atoms with Gasteiger partial charge < -0.3 is 4.42 Å². The van der Waals surface area contributed by atoms with Crippen LogP contribution in [-0.2, 0) is 0 Å². The Hall–Kier alpha value is -8.47. The fourth-order valence-electron chi connectivity index (χ4n) is 8.89. The number of hydrogen-bond acceptors (Lipinski definition) is 4. The molecule has 63 heavy (non-hydrogen) atoms. The van der Waals surface area contributed by atoms with Crippen molar-refractivity contribution in [3.63, 3.8) is 0 Å². The molecule has 0 aliphatic carbocycles. The van der Waals surface area contributed by atoms with Crippen LogP contribution in [0.15, 0.2) is 229 Å². The molecule has 0 aliphatic rings. The SMILES string of the molecule is c1ccc(-c2ccc(-c3cc(-c4ccc(-c5cccc(-c6nc7ccc8ccccc8c7c7oc8ccccc8c67)c5)cc4)nc(-c4ccc(-c5ccccc5)cc4)n3)cc2)cc1. The van der Waals surface area contributed by atoms with E-state index in [0.717, 1.165) is 105 Å². The van der Waals surface area contributed by atoms with Gasteiger partial charge in [0.2, 0.25) is 0 Å². The van der Waals surface area contributed by atoms with Gasteiger partial charge in [-0.15, -0.1) is 0 Å². The molecule has 0 spiro atoms. The Bertz CT molecular complexity index is 3530. The van der Waals surface area contributed by atoms with Crippen LogP contribution in [-0.4, -0.2) is 15.0 Å². The van der Waals surface area contributed by atoms with Crippen molar-refractivity contribution in [2.75, 3.05) is 0 Å². The summed E-state index contributed by atoms with van der Waals surface area (Å²) in [7, 11) is 0. The maximum absolute atomic E-state index is 6.68. The lowest BCUT2D eigenvalue weighted by molar-refractivity contribution is 0.673. The first-order valence-electron chi connectivity index (χ1n) is 21.2. The molecule has 0 saturated carbocycles. The van der Waals surface area contributed by atoms with Gasteiger partial charge in [0.15, 0.2) is 5.82 Å². The van der Waals surface area contributed by atoms with Crippen molar-refractivity contribution >= 4 is 43.6 Å². The molecule has 0 fully saturated rings. The second-order valence-corrected chi connectivity index (χ2v) is 16.0. The summed E-state index contributed by atoms with van der Waals surface area (Å²) in [5, 5.41) is 5.43. The maximum atomic E-state index is 6.68. The molecule has 4 nitrogen and oxygen atoms in total. The maximum Gasteiger partial charge on any atom is 0.160 e. The topological polar surface area (TPSA) is 51.8 Å². The van der Waals surface area contributed by atoms with E-state index in [1.54, 1.807) is 0 Å². The fraction of sp³-hybridized carbons (Fsp3) is 0. The van der Waals surface area contributed by atoms with Gasteiger partial charge >= 0.3 is 0 Å². The van der Waals surface area contributed by atoms with Gasteiger partial charge in [-0.1, -0.05) is 200 Å². The summed E-state index contributed by atoms with van der Waals surface area (Å²) in [5.74, 6) is 0.681. The van der Waals surface area contributed by atoms with Gasteiger partial charge in [0.1, 0.15) is 11.2 Å². The first-order valence-corrected chi connectivity index (χ1v) is 21.2. The molecule has 294 valence electrons. The first-order chi connectivity index (χ1) is 31.2. The summed E-state index contributed by atoms with van der Waals surface area (Å²) >= 11 is 0. The molecule has 0 bridgehead atoms. The van der Waals surface area contributed by atoms with Crippen molar-refractivity contribution in [1.29, 1.82) is 0 Å². The van der Waals surface area contributed by atoms with E-state index >= 15 is 0 Å². The van der Waals surface area contributed by atoms with Gasteiger partial charge in [0.05, 0.1) is 33.4 Å². The molecule has 12 aromatic rings. The average molecular weight is 804 g/mol. The second-order valence-electron chi connectivity index (χ2n) is 16.0. The Morgan fingerprint density at radius 2 is 0.794 bits per heavy atom. The van der Waals surface area contributed by atoms with Crippen molar-refractivity contribution in [2.45, 2.75) is 0 Å². The average Bonchev–Trinajstić information content (AvgIpc) is 3.76. The molecule has 0 N–H and O–H groups in total. The van der Waals surface area contributed by atoms with Crippen LogP contribution in [0.1, 0.15) is 0 Å². The highest BCUT2D eigenvalue weighted by Gasteiger charge is 2.20. The molecule has 0 saturated heterocycles. The predicted molar refractivity (Wildman–Crippen MR) is 260 cm³/mol. The lowest BCUT2D eigenvalue weighted by Crippen LogP contribution is -1.96. The molecule has 3 aromatic heterocycles. The number of pyridine rings is 1. The van der Waals surface area contributed by atoms with Gasteiger partial charge in [-0.2, -0.15) is 0 Å². The van der Waals surface area contributed by atoms with Gasteiger partial charge in [0, 0.05) is 27.6 Å². The molecule has 0 amide bonds. The Kier molecular flexibility index (Phi) is 8.79. The summed E-state index contributed by atoms with van der Waals surface area (Å²) in [6.07, 6.45) is 0. The third kappa shape index (κ3) is 6.62. The third-order valence-electron chi connectivity index (χ3n) is 12.1. The van der Waals surface area contributed by atoms with Crippen LogP contribution in [0.3, 0.4) is 0 Å². The Morgan fingerprint density at radius 3 is 1.44 bits per heavy atom. The summed E-state index contributed by atoms with van der Waals surface area (Å²) < 4.78 is 6.68. The van der Waals surface area contributed by atoms with Crippen molar-refractivity contribution in [3.8, 4) is 78.5 Å². The van der Waals surface area contributed by atoms with E-state index in [4.69, 9.17) is 19.4 Å². The molecule has 0 radical (unpaired) electrons. The Morgan fingerprint density at radius 1 is 0.302 bits per heavy atom. The number of rotatable bonds is 7. The Balaban J connectivity index is 0.931. The molecule has 0 unspecified atom stereocenters. The molecule has 9 aromatic carbocycles. The zero-order chi connectivity index (χ0) is 41.7. The van der Waals surface area contributed by atoms with Crippen molar-refractivity contribution in [3.05, 3.63) is 224 Å². The van der Waals surface area contributed by atoms with Gasteiger partial charge in [-0.3, -0.25) is 0 Å². The number of para-hydroxylation sites is 1. The van der Waals surface area contributed by atoms with Crippen LogP contribution >= 0.6 is 0 Å². The van der Waals surface area contributed by atoms with Crippen LogP contribution in [0.4, 0.5) is 0 Å². The Labute approximate surface area is 364 Å². The fourth-order valence-corrected chi connectivity index (χ4v) is 8.89. The molecule has 3 heterocycles. The minimum atomic E-state index is 0.681. The van der Waals surface area contributed by atoms with Crippen LogP contribution in [0, 0.1) is 0 Å². The second kappa shape index (κ2) is 15.2. The summed E-state index contributed by atoms with van der Waals surface area (Å²) in [6, 6.07) is 78.5. The van der Waals surface area contributed by atoms with Crippen LogP contribution in [0.2, 0.25) is 0 Å². The predicted octanol–water partition coefficient (Wildman–Crippen LogP) is 15.7. The normalized spacial score (nSPS) is 11.5. The van der Waals surface area contributed by atoms with Crippen LogP contribution < -0.4 is 0 Å². The third-order valence-corrected chi connectivity index (χ3v) is 12.1. The molecule has 0 aliphatic heterocycles. The molecule has 12 rings (SSSR count). The van der Waals surface area contributed by atoms with E-state index in [9.17, 15) is 0 Å². The molecular weight excluding hydrogens is 767 g/mol. The lowest BCUT2D eigenvalue weighted by atomic mass is 9.96. The molecule has 0 atom stereocenters. The first kappa shape index (κ1) is 36.4. The molecule has 4 heteroatoms. The zero-order valence-electron chi connectivity index (χ0n) is 34.1. The minimum Gasteiger partial charge on any atom is -0.455 e. The lowest BCUT2D eigenvalue weighted by Gasteiger charge is -2.12. The highest BCUT2D eigenvalue weighted by molar-refractivity contribution is 6.25. The number of benzene rings is 9. The van der Waals surface area contributed by atoms with E-state index in [-0.39, 0.29) is 0 Å². The number of nitrogens with zero attached hydrogens (tertiary/aromatic N) is 3. The van der Waals surface area contributed by atoms with E-state index in [1.165, 1.54) is 11.1 Å². The van der Waals surface area contributed by atoms with E-state index in [2.05, 4.69) is 200 Å². The van der Waals surface area contributed by atoms with Crippen molar-refractivity contribution in [2.24, 2.45) is 0 Å². The van der Waals surface area contributed by atoms with Gasteiger partial charge in [-0.25, -0.2) is 15.0 Å². The van der Waals surface area contributed by atoms with Gasteiger partial charge in [-0.05, 0) is 68.4 Å². The number of hydrogen-bond donors (Lipinski definition) is 0. The summed E-state index contributed by atoms with van der Waals surface area (Å²) in [6.45, 7) is 0. The van der Waals surface area contributed by atoms with Crippen molar-refractivity contribution < 1.29 is 4.42 Å². The van der Waals surface area contributed by atoms with E-state index in [1.807, 2.05) is 24.3 Å². The summed E-state index contributed by atoms with van der Waals surface area (Å²) in [4.78, 5) is 15.7. The monoisotopic (exact) mass is 803 g/mol. The van der Waals surface area contributed by atoms with Crippen LogP contribution in [0.5, 0.6) is 0 Å². The smallest absolute Gasteiger partial charge is 0.160 e. The van der Waals surface area contributed by atoms with Crippen molar-refractivity contribution in [1.82, 2.24) is 15.0 Å². The largest absolute Gasteiger partial charge is 0.455 e.